The van der Waals surface area contributed by atoms with Gasteiger partial charge in [-0.3, -0.25) is 9.89 Å². The average Bonchev–Trinajstić information content (AvgIpc) is 2.99. The number of rotatable bonds is 17. The molecular weight excluding hydrogens is 292 g/mol. The van der Waals surface area contributed by atoms with E-state index < -0.39 is 0 Å². The highest BCUT2D eigenvalue weighted by molar-refractivity contribution is 5.78. The van der Waals surface area contributed by atoms with Crippen molar-refractivity contribution in [2.45, 2.75) is 116 Å². The summed E-state index contributed by atoms with van der Waals surface area (Å²) in [6, 6.07) is 0. The van der Waals surface area contributed by atoms with Crippen LogP contribution in [-0.2, 0) is 0 Å². The lowest BCUT2D eigenvalue weighted by Gasteiger charge is -2.03. The number of nitrogens with zero attached hydrogens (tertiary/aromatic N) is 1. The van der Waals surface area contributed by atoms with Gasteiger partial charge in [0, 0.05) is 6.42 Å². The van der Waals surface area contributed by atoms with Crippen LogP contribution in [0.3, 0.4) is 0 Å². The summed E-state index contributed by atoms with van der Waals surface area (Å²) in [5.41, 5.74) is 0. The lowest BCUT2D eigenvalue weighted by atomic mass is 10.0. The molecule has 0 atom stereocenters. The molecule has 0 spiro atoms. The molecular formula is C22H45N2+. The van der Waals surface area contributed by atoms with Gasteiger partial charge in [0.25, 0.3) is 0 Å². The van der Waals surface area contributed by atoms with Crippen molar-refractivity contribution in [2.75, 3.05) is 20.1 Å². The molecule has 1 rings (SSSR count). The molecule has 0 aliphatic carbocycles. The zero-order chi connectivity index (χ0) is 17.3. The molecule has 142 valence electrons. The van der Waals surface area contributed by atoms with Gasteiger partial charge in [-0.05, 0) is 6.42 Å². The van der Waals surface area contributed by atoms with Crippen LogP contribution in [0.2, 0.25) is 0 Å². The Bertz CT molecular complexity index is 309. The SMILES string of the molecule is CCCCCCCCCCCCCCCCCCC1=[N+](C)CCN1. The number of nitrogens with one attached hydrogen (secondary N) is 1. The number of likely N-dealkylation sites (N-methyl/N-ethyl adjacent to an activating group) is 1. The molecule has 1 N–H and O–H groups in total. The summed E-state index contributed by atoms with van der Waals surface area (Å²) in [5.74, 6) is 1.47. The Morgan fingerprint density at radius 2 is 1.08 bits per heavy atom. The summed E-state index contributed by atoms with van der Waals surface area (Å²) in [6.07, 6.45) is 24.5. The van der Waals surface area contributed by atoms with Crippen LogP contribution in [0.25, 0.3) is 0 Å². The summed E-state index contributed by atoms with van der Waals surface area (Å²) in [5, 5.41) is 3.50. The molecule has 0 bridgehead atoms. The van der Waals surface area contributed by atoms with Crippen molar-refractivity contribution in [3.63, 3.8) is 0 Å². The predicted octanol–water partition coefficient (Wildman–Crippen LogP) is 6.28. The summed E-state index contributed by atoms with van der Waals surface area (Å²) in [6.45, 7) is 4.63. The molecule has 0 aromatic rings. The van der Waals surface area contributed by atoms with Crippen LogP contribution in [0, 0.1) is 0 Å². The Hall–Kier alpha value is -0.530. The van der Waals surface area contributed by atoms with Crippen LogP contribution in [0.5, 0.6) is 0 Å². The van der Waals surface area contributed by atoms with Gasteiger partial charge in [-0.15, -0.1) is 0 Å². The number of hydrogen-bond donors (Lipinski definition) is 1. The van der Waals surface area contributed by atoms with Gasteiger partial charge in [0.15, 0.2) is 0 Å². The van der Waals surface area contributed by atoms with E-state index >= 15 is 0 Å². The minimum atomic E-state index is 1.14. The van der Waals surface area contributed by atoms with Gasteiger partial charge in [0.05, 0.1) is 7.05 Å². The van der Waals surface area contributed by atoms with Gasteiger partial charge in [0.1, 0.15) is 13.1 Å². The number of hydrogen-bond acceptors (Lipinski definition) is 1. The third-order valence-corrected chi connectivity index (χ3v) is 5.50. The van der Waals surface area contributed by atoms with Crippen molar-refractivity contribution >= 4 is 5.84 Å². The van der Waals surface area contributed by atoms with Crippen LogP contribution in [0.1, 0.15) is 116 Å². The van der Waals surface area contributed by atoms with E-state index in [0.29, 0.717) is 0 Å². The quantitative estimate of drug-likeness (QED) is 0.244. The van der Waals surface area contributed by atoms with Gasteiger partial charge in [0.2, 0.25) is 5.84 Å². The highest BCUT2D eigenvalue weighted by atomic mass is 15.2. The van der Waals surface area contributed by atoms with Gasteiger partial charge >= 0.3 is 0 Å². The zero-order valence-corrected chi connectivity index (χ0v) is 16.9. The molecule has 2 heteroatoms. The van der Waals surface area contributed by atoms with Crippen molar-refractivity contribution in [2.24, 2.45) is 0 Å². The number of unbranched alkanes of at least 4 members (excludes halogenated alkanes) is 15. The van der Waals surface area contributed by atoms with Crippen molar-refractivity contribution < 1.29 is 4.58 Å². The second kappa shape index (κ2) is 16.0. The van der Waals surface area contributed by atoms with Crippen LogP contribution < -0.4 is 5.32 Å². The molecule has 24 heavy (non-hydrogen) atoms. The zero-order valence-electron chi connectivity index (χ0n) is 16.9. The molecule has 0 aromatic carbocycles. The summed E-state index contributed by atoms with van der Waals surface area (Å²) < 4.78 is 2.38. The molecule has 0 fully saturated rings. The van der Waals surface area contributed by atoms with Crippen LogP contribution in [0.15, 0.2) is 0 Å². The summed E-state index contributed by atoms with van der Waals surface area (Å²) in [7, 11) is 2.21. The van der Waals surface area contributed by atoms with Gasteiger partial charge in [-0.1, -0.05) is 103 Å². The second-order valence-electron chi connectivity index (χ2n) is 7.85. The Morgan fingerprint density at radius 3 is 1.46 bits per heavy atom. The molecule has 0 saturated heterocycles. The average molecular weight is 338 g/mol. The molecule has 0 aromatic heterocycles. The molecule has 2 nitrogen and oxygen atoms in total. The maximum atomic E-state index is 3.50. The topological polar surface area (TPSA) is 15.0 Å². The molecule has 0 unspecified atom stereocenters. The molecule has 1 aliphatic rings. The van der Waals surface area contributed by atoms with Crippen LogP contribution in [-0.4, -0.2) is 30.5 Å². The lowest BCUT2D eigenvalue weighted by molar-refractivity contribution is -0.487. The minimum Gasteiger partial charge on any atom is -0.274 e. The molecule has 0 saturated carbocycles. The van der Waals surface area contributed by atoms with Crippen molar-refractivity contribution in [1.82, 2.24) is 5.32 Å². The van der Waals surface area contributed by atoms with Gasteiger partial charge in [-0.25, -0.2) is 0 Å². The van der Waals surface area contributed by atoms with Crippen molar-refractivity contribution in [3.05, 3.63) is 0 Å². The van der Waals surface area contributed by atoms with E-state index in [9.17, 15) is 0 Å². The Morgan fingerprint density at radius 1 is 0.667 bits per heavy atom. The Balaban J connectivity index is 1.70. The number of amidine groups is 1. The van der Waals surface area contributed by atoms with E-state index in [4.69, 9.17) is 0 Å². The fourth-order valence-corrected chi connectivity index (χ4v) is 3.76. The van der Waals surface area contributed by atoms with Crippen molar-refractivity contribution in [3.8, 4) is 0 Å². The van der Waals surface area contributed by atoms with E-state index in [0.717, 1.165) is 6.54 Å². The predicted molar refractivity (Wildman–Crippen MR) is 108 cm³/mol. The van der Waals surface area contributed by atoms with E-state index in [1.807, 2.05) is 0 Å². The fraction of sp³-hybridized carbons (Fsp3) is 0.955. The van der Waals surface area contributed by atoms with Crippen LogP contribution >= 0.6 is 0 Å². The highest BCUT2D eigenvalue weighted by Gasteiger charge is 2.15. The van der Waals surface area contributed by atoms with E-state index in [-0.39, 0.29) is 0 Å². The maximum Gasteiger partial charge on any atom is 0.244 e. The van der Waals surface area contributed by atoms with E-state index in [2.05, 4.69) is 23.9 Å². The largest absolute Gasteiger partial charge is 0.274 e. The second-order valence-corrected chi connectivity index (χ2v) is 7.85. The first-order valence-corrected chi connectivity index (χ1v) is 11.2. The normalized spacial score (nSPS) is 14.4. The monoisotopic (exact) mass is 337 g/mol. The molecule has 1 heterocycles. The Labute approximate surface area is 152 Å². The lowest BCUT2D eigenvalue weighted by Crippen LogP contribution is -2.20. The first-order chi connectivity index (χ1) is 11.8. The van der Waals surface area contributed by atoms with E-state index in [1.165, 1.54) is 122 Å². The van der Waals surface area contributed by atoms with Crippen molar-refractivity contribution in [1.29, 1.82) is 0 Å². The molecule has 0 radical (unpaired) electrons. The van der Waals surface area contributed by atoms with Gasteiger partial charge in [-0.2, -0.15) is 0 Å². The third-order valence-electron chi connectivity index (χ3n) is 5.50. The minimum absolute atomic E-state index is 1.14. The Kier molecular flexibility index (Phi) is 14.3. The summed E-state index contributed by atoms with van der Waals surface area (Å²) in [4.78, 5) is 0. The first kappa shape index (κ1) is 21.5. The molecule has 0 amide bonds. The maximum absolute atomic E-state index is 3.50. The fourth-order valence-electron chi connectivity index (χ4n) is 3.76. The van der Waals surface area contributed by atoms with Gasteiger partial charge < -0.3 is 0 Å². The standard InChI is InChI=1S/C22H44N2/c1-3-4-5-6-7-8-9-10-11-12-13-14-15-16-17-18-19-22-23-20-21-24(22)2/h3-21H2,1-2H3/p+1. The summed E-state index contributed by atoms with van der Waals surface area (Å²) >= 11 is 0. The smallest absolute Gasteiger partial charge is 0.244 e. The molecule has 1 aliphatic heterocycles. The third kappa shape index (κ3) is 11.9. The van der Waals surface area contributed by atoms with E-state index in [1.54, 1.807) is 0 Å². The first-order valence-electron chi connectivity index (χ1n) is 11.2. The van der Waals surface area contributed by atoms with Crippen LogP contribution in [0.4, 0.5) is 0 Å². The highest BCUT2D eigenvalue weighted by Crippen LogP contribution is 2.14.